The topological polar surface area (TPSA) is 41.5 Å². The fourth-order valence-corrected chi connectivity index (χ4v) is 2.26. The van der Waals surface area contributed by atoms with Gasteiger partial charge in [0, 0.05) is 17.0 Å². The van der Waals surface area contributed by atoms with Gasteiger partial charge >= 0.3 is 0 Å². The zero-order valence-corrected chi connectivity index (χ0v) is 11.0. The number of methoxy groups -OCH3 is 1. The van der Waals surface area contributed by atoms with E-state index in [9.17, 15) is 5.11 Å². The predicted octanol–water partition coefficient (Wildman–Crippen LogP) is 1.98. The second-order valence-electron chi connectivity index (χ2n) is 3.64. The standard InChI is InChI=1S/C12H19NO2S/c1-8-5-11(15-3)9(6-12(8)16-4)10(14)7-13-2/h5-6,10,13-14H,7H2,1-4H3. The third-order valence-corrected chi connectivity index (χ3v) is 3.38. The van der Waals surface area contributed by atoms with Crippen molar-refractivity contribution in [1.29, 1.82) is 0 Å². The minimum absolute atomic E-state index is 0.521. The highest BCUT2D eigenvalue weighted by atomic mass is 32.2. The van der Waals surface area contributed by atoms with E-state index in [4.69, 9.17) is 4.74 Å². The smallest absolute Gasteiger partial charge is 0.125 e. The highest BCUT2D eigenvalue weighted by Crippen LogP contribution is 2.32. The van der Waals surface area contributed by atoms with Crippen LogP contribution in [0.2, 0.25) is 0 Å². The van der Waals surface area contributed by atoms with Crippen LogP contribution in [0.1, 0.15) is 17.2 Å². The molecule has 0 bridgehead atoms. The van der Waals surface area contributed by atoms with E-state index >= 15 is 0 Å². The van der Waals surface area contributed by atoms with Gasteiger partial charge in [-0.15, -0.1) is 11.8 Å². The zero-order chi connectivity index (χ0) is 12.1. The van der Waals surface area contributed by atoms with Crippen LogP contribution in [-0.2, 0) is 0 Å². The molecule has 1 aromatic carbocycles. The lowest BCUT2D eigenvalue weighted by Crippen LogP contribution is -2.17. The van der Waals surface area contributed by atoms with Crippen LogP contribution in [0.15, 0.2) is 17.0 Å². The second-order valence-corrected chi connectivity index (χ2v) is 4.49. The zero-order valence-electron chi connectivity index (χ0n) is 10.2. The lowest BCUT2D eigenvalue weighted by atomic mass is 10.1. The molecule has 0 aromatic heterocycles. The number of nitrogens with one attached hydrogen (secondary N) is 1. The van der Waals surface area contributed by atoms with Gasteiger partial charge in [0.15, 0.2) is 0 Å². The summed E-state index contributed by atoms with van der Waals surface area (Å²) in [5.41, 5.74) is 2.01. The highest BCUT2D eigenvalue weighted by Gasteiger charge is 2.14. The van der Waals surface area contributed by atoms with E-state index in [1.165, 1.54) is 10.5 Å². The number of thioether (sulfide) groups is 1. The average molecular weight is 241 g/mol. The number of aliphatic hydroxyl groups is 1. The molecule has 0 heterocycles. The predicted molar refractivity (Wildman–Crippen MR) is 68.4 cm³/mol. The lowest BCUT2D eigenvalue weighted by molar-refractivity contribution is 0.173. The van der Waals surface area contributed by atoms with Crippen LogP contribution >= 0.6 is 11.8 Å². The van der Waals surface area contributed by atoms with Crippen LogP contribution in [0.4, 0.5) is 0 Å². The Labute approximate surface area is 101 Å². The van der Waals surface area contributed by atoms with Crippen LogP contribution in [-0.4, -0.2) is 32.1 Å². The molecule has 0 aliphatic carbocycles. The Morgan fingerprint density at radius 3 is 2.69 bits per heavy atom. The van der Waals surface area contributed by atoms with E-state index in [2.05, 4.69) is 5.32 Å². The van der Waals surface area contributed by atoms with Crippen LogP contribution in [0.3, 0.4) is 0 Å². The Morgan fingerprint density at radius 1 is 1.50 bits per heavy atom. The summed E-state index contributed by atoms with van der Waals surface area (Å²) in [5, 5.41) is 12.9. The molecule has 0 amide bonds. The van der Waals surface area contributed by atoms with E-state index in [1.54, 1.807) is 18.9 Å². The Bertz CT molecular complexity index is 355. The van der Waals surface area contributed by atoms with Crippen LogP contribution in [0.5, 0.6) is 5.75 Å². The van der Waals surface area contributed by atoms with Crippen molar-refractivity contribution >= 4 is 11.8 Å². The van der Waals surface area contributed by atoms with Gasteiger partial charge in [0.25, 0.3) is 0 Å². The quantitative estimate of drug-likeness (QED) is 0.774. The molecule has 0 saturated carbocycles. The van der Waals surface area contributed by atoms with E-state index in [1.807, 2.05) is 32.4 Å². The van der Waals surface area contributed by atoms with Gasteiger partial charge in [0.05, 0.1) is 13.2 Å². The Hall–Kier alpha value is -0.710. The molecule has 0 fully saturated rings. The fourth-order valence-electron chi connectivity index (χ4n) is 1.64. The molecule has 0 saturated heterocycles. The molecule has 0 spiro atoms. The van der Waals surface area contributed by atoms with Crippen LogP contribution in [0.25, 0.3) is 0 Å². The molecule has 1 aromatic rings. The van der Waals surface area contributed by atoms with Crippen molar-refractivity contribution in [3.05, 3.63) is 23.3 Å². The molecular formula is C12H19NO2S. The summed E-state index contributed by atoms with van der Waals surface area (Å²) in [6.45, 7) is 2.57. The number of ether oxygens (including phenoxy) is 1. The maximum absolute atomic E-state index is 9.99. The molecule has 0 aliphatic heterocycles. The molecule has 1 rings (SSSR count). The Morgan fingerprint density at radius 2 is 2.19 bits per heavy atom. The molecule has 3 nitrogen and oxygen atoms in total. The normalized spacial score (nSPS) is 12.6. The average Bonchev–Trinajstić information content (AvgIpc) is 2.28. The lowest BCUT2D eigenvalue weighted by Gasteiger charge is -2.17. The summed E-state index contributed by atoms with van der Waals surface area (Å²) in [6.07, 6.45) is 1.50. The largest absolute Gasteiger partial charge is 0.496 e. The number of aliphatic hydroxyl groups excluding tert-OH is 1. The maximum atomic E-state index is 9.99. The molecule has 2 N–H and O–H groups in total. The number of likely N-dealkylation sites (N-methyl/N-ethyl adjacent to an activating group) is 1. The summed E-state index contributed by atoms with van der Waals surface area (Å²) in [6, 6.07) is 3.97. The number of benzene rings is 1. The van der Waals surface area contributed by atoms with Gasteiger partial charge < -0.3 is 15.2 Å². The highest BCUT2D eigenvalue weighted by molar-refractivity contribution is 7.98. The van der Waals surface area contributed by atoms with Gasteiger partial charge in [0.2, 0.25) is 0 Å². The molecule has 1 atom stereocenters. The van der Waals surface area contributed by atoms with E-state index in [0.29, 0.717) is 6.54 Å². The minimum atomic E-state index is -0.536. The fraction of sp³-hybridized carbons (Fsp3) is 0.500. The molecule has 0 aliphatic rings. The van der Waals surface area contributed by atoms with Gasteiger partial charge in [-0.1, -0.05) is 0 Å². The molecule has 4 heteroatoms. The maximum Gasteiger partial charge on any atom is 0.125 e. The molecular weight excluding hydrogens is 222 g/mol. The summed E-state index contributed by atoms with van der Waals surface area (Å²) in [5.74, 6) is 0.748. The summed E-state index contributed by atoms with van der Waals surface area (Å²) >= 11 is 1.68. The van der Waals surface area contributed by atoms with Gasteiger partial charge in [-0.3, -0.25) is 0 Å². The SMILES string of the molecule is CNCC(O)c1cc(SC)c(C)cc1OC. The van der Waals surface area contributed by atoms with Crippen molar-refractivity contribution in [2.24, 2.45) is 0 Å². The number of hydrogen-bond acceptors (Lipinski definition) is 4. The second kappa shape index (κ2) is 6.13. The monoisotopic (exact) mass is 241 g/mol. The Kier molecular flexibility index (Phi) is 5.12. The first-order valence-corrected chi connectivity index (χ1v) is 6.41. The van der Waals surface area contributed by atoms with Gasteiger partial charge in [-0.05, 0) is 37.9 Å². The molecule has 0 radical (unpaired) electrons. The number of aryl methyl sites for hydroxylation is 1. The van der Waals surface area contributed by atoms with Gasteiger partial charge in [-0.2, -0.15) is 0 Å². The first-order chi connectivity index (χ1) is 7.63. The first kappa shape index (κ1) is 13.4. The van der Waals surface area contributed by atoms with Crippen molar-refractivity contribution in [2.75, 3.05) is 27.0 Å². The van der Waals surface area contributed by atoms with E-state index in [0.717, 1.165) is 11.3 Å². The minimum Gasteiger partial charge on any atom is -0.496 e. The van der Waals surface area contributed by atoms with Crippen molar-refractivity contribution in [3.63, 3.8) is 0 Å². The summed E-state index contributed by atoms with van der Waals surface area (Å²) < 4.78 is 5.30. The Balaban J connectivity index is 3.13. The van der Waals surface area contributed by atoms with Crippen LogP contribution < -0.4 is 10.1 Å². The van der Waals surface area contributed by atoms with Gasteiger partial charge in [-0.25, -0.2) is 0 Å². The van der Waals surface area contributed by atoms with Crippen LogP contribution in [0, 0.1) is 6.92 Å². The third kappa shape index (κ3) is 2.90. The molecule has 16 heavy (non-hydrogen) atoms. The van der Waals surface area contributed by atoms with Crippen molar-refractivity contribution < 1.29 is 9.84 Å². The van der Waals surface area contributed by atoms with Crippen molar-refractivity contribution in [2.45, 2.75) is 17.9 Å². The van der Waals surface area contributed by atoms with E-state index in [-0.39, 0.29) is 0 Å². The van der Waals surface area contributed by atoms with E-state index < -0.39 is 6.10 Å². The van der Waals surface area contributed by atoms with Gasteiger partial charge in [0.1, 0.15) is 5.75 Å². The van der Waals surface area contributed by atoms with Crippen molar-refractivity contribution in [1.82, 2.24) is 5.32 Å². The van der Waals surface area contributed by atoms with Crippen molar-refractivity contribution in [3.8, 4) is 5.75 Å². The molecule has 90 valence electrons. The summed E-state index contributed by atoms with van der Waals surface area (Å²) in [4.78, 5) is 1.17. The molecule has 1 unspecified atom stereocenters. The summed E-state index contributed by atoms with van der Waals surface area (Å²) in [7, 11) is 3.45. The number of rotatable bonds is 5. The number of hydrogen-bond donors (Lipinski definition) is 2. The third-order valence-electron chi connectivity index (χ3n) is 2.50. The first-order valence-electron chi connectivity index (χ1n) is 5.19.